The Hall–Kier alpha value is -1.81. The maximum atomic E-state index is 14.7. The molecule has 1 saturated carbocycles. The molecule has 1 aliphatic carbocycles. The Kier molecular flexibility index (Phi) is 3.73. The Morgan fingerprint density at radius 1 is 1.14 bits per heavy atom. The average molecular weight is 325 g/mol. The SMILES string of the molecule is O=C(C[C@H]1C[C@]1(F)c1ccc(Cl)cc1)c1c(F)cccc1F. The second kappa shape index (κ2) is 5.43. The van der Waals surface area contributed by atoms with Gasteiger partial charge in [-0.15, -0.1) is 0 Å². The van der Waals surface area contributed by atoms with Crippen molar-refractivity contribution in [1.29, 1.82) is 0 Å². The summed E-state index contributed by atoms with van der Waals surface area (Å²) in [6.45, 7) is 0. The third-order valence-electron chi connectivity index (χ3n) is 4.03. The second-order valence-electron chi connectivity index (χ2n) is 5.49. The van der Waals surface area contributed by atoms with E-state index in [1.807, 2.05) is 0 Å². The summed E-state index contributed by atoms with van der Waals surface area (Å²) < 4.78 is 41.8. The molecule has 114 valence electrons. The normalized spacial score (nSPS) is 23.4. The van der Waals surface area contributed by atoms with Crippen molar-refractivity contribution in [1.82, 2.24) is 0 Å². The van der Waals surface area contributed by atoms with Crippen molar-refractivity contribution in [3.8, 4) is 0 Å². The summed E-state index contributed by atoms with van der Waals surface area (Å²) in [5.41, 5.74) is -1.78. The van der Waals surface area contributed by atoms with E-state index >= 15 is 0 Å². The van der Waals surface area contributed by atoms with Crippen LogP contribution in [0.4, 0.5) is 13.2 Å². The first kappa shape index (κ1) is 15.1. The number of hydrogen-bond acceptors (Lipinski definition) is 1. The summed E-state index contributed by atoms with van der Waals surface area (Å²) in [5, 5.41) is 0.494. The van der Waals surface area contributed by atoms with E-state index in [1.165, 1.54) is 6.07 Å². The Bertz CT molecular complexity index is 709. The zero-order chi connectivity index (χ0) is 15.9. The first-order chi connectivity index (χ1) is 10.4. The fourth-order valence-electron chi connectivity index (χ4n) is 2.70. The van der Waals surface area contributed by atoms with Gasteiger partial charge in [-0.25, -0.2) is 13.2 Å². The van der Waals surface area contributed by atoms with Crippen molar-refractivity contribution >= 4 is 17.4 Å². The van der Waals surface area contributed by atoms with Gasteiger partial charge in [0.2, 0.25) is 0 Å². The highest BCUT2D eigenvalue weighted by Gasteiger charge is 2.57. The van der Waals surface area contributed by atoms with E-state index in [9.17, 15) is 18.0 Å². The van der Waals surface area contributed by atoms with E-state index in [0.29, 0.717) is 10.6 Å². The van der Waals surface area contributed by atoms with Crippen LogP contribution in [0.2, 0.25) is 5.02 Å². The van der Waals surface area contributed by atoms with Crippen molar-refractivity contribution in [2.24, 2.45) is 5.92 Å². The molecular formula is C17H12ClF3O. The van der Waals surface area contributed by atoms with Crippen LogP contribution in [0, 0.1) is 17.6 Å². The molecule has 1 nitrogen and oxygen atoms in total. The Morgan fingerprint density at radius 3 is 2.32 bits per heavy atom. The lowest BCUT2D eigenvalue weighted by atomic mass is 10.0. The van der Waals surface area contributed by atoms with Crippen molar-refractivity contribution in [3.63, 3.8) is 0 Å². The highest BCUT2D eigenvalue weighted by atomic mass is 35.5. The molecule has 2 aromatic carbocycles. The highest BCUT2D eigenvalue weighted by molar-refractivity contribution is 6.30. The number of rotatable bonds is 4. The number of Topliss-reactive ketones (excluding diaryl/α,β-unsaturated/α-hetero) is 1. The van der Waals surface area contributed by atoms with Gasteiger partial charge in [-0.1, -0.05) is 29.8 Å². The minimum absolute atomic E-state index is 0.163. The fourth-order valence-corrected chi connectivity index (χ4v) is 2.83. The predicted molar refractivity (Wildman–Crippen MR) is 77.7 cm³/mol. The van der Waals surface area contributed by atoms with Crippen molar-refractivity contribution < 1.29 is 18.0 Å². The van der Waals surface area contributed by atoms with Crippen LogP contribution in [-0.4, -0.2) is 5.78 Å². The van der Waals surface area contributed by atoms with Crippen LogP contribution in [0.25, 0.3) is 0 Å². The van der Waals surface area contributed by atoms with Crippen LogP contribution in [0.15, 0.2) is 42.5 Å². The molecule has 1 fully saturated rings. The molecule has 3 rings (SSSR count). The lowest BCUT2D eigenvalue weighted by molar-refractivity contribution is 0.0956. The number of halogens is 4. The lowest BCUT2D eigenvalue weighted by Gasteiger charge is -2.09. The summed E-state index contributed by atoms with van der Waals surface area (Å²) in [5.74, 6) is -3.11. The molecular weight excluding hydrogens is 313 g/mol. The van der Waals surface area contributed by atoms with Gasteiger partial charge in [-0.3, -0.25) is 4.79 Å². The van der Waals surface area contributed by atoms with Crippen LogP contribution in [0.5, 0.6) is 0 Å². The maximum absolute atomic E-state index is 14.7. The van der Waals surface area contributed by atoms with Gasteiger partial charge in [0.15, 0.2) is 5.78 Å². The quantitative estimate of drug-likeness (QED) is 0.717. The molecule has 0 aliphatic heterocycles. The zero-order valence-electron chi connectivity index (χ0n) is 11.5. The van der Waals surface area contributed by atoms with E-state index in [-0.39, 0.29) is 12.8 Å². The van der Waals surface area contributed by atoms with Crippen LogP contribution in [0.1, 0.15) is 28.8 Å². The number of hydrogen-bond donors (Lipinski definition) is 0. The van der Waals surface area contributed by atoms with Gasteiger partial charge in [0, 0.05) is 17.4 Å². The number of carbonyl (C=O) groups excluding carboxylic acids is 1. The molecule has 0 spiro atoms. The van der Waals surface area contributed by atoms with Crippen LogP contribution >= 0.6 is 11.6 Å². The Morgan fingerprint density at radius 2 is 1.73 bits per heavy atom. The third-order valence-corrected chi connectivity index (χ3v) is 4.28. The number of carbonyl (C=O) groups is 1. The number of benzene rings is 2. The van der Waals surface area contributed by atoms with E-state index in [2.05, 4.69) is 0 Å². The van der Waals surface area contributed by atoms with E-state index in [0.717, 1.165) is 12.1 Å². The van der Waals surface area contributed by atoms with Crippen molar-refractivity contribution in [2.75, 3.05) is 0 Å². The molecule has 0 saturated heterocycles. The molecule has 1 aliphatic rings. The van der Waals surface area contributed by atoms with Gasteiger partial charge in [-0.2, -0.15) is 0 Å². The first-order valence-electron chi connectivity index (χ1n) is 6.84. The second-order valence-corrected chi connectivity index (χ2v) is 5.93. The predicted octanol–water partition coefficient (Wildman–Crippen LogP) is 5.08. The maximum Gasteiger partial charge on any atom is 0.169 e. The van der Waals surface area contributed by atoms with E-state index in [4.69, 9.17) is 11.6 Å². The fraction of sp³-hybridized carbons (Fsp3) is 0.235. The first-order valence-corrected chi connectivity index (χ1v) is 7.22. The third kappa shape index (κ3) is 2.63. The van der Waals surface area contributed by atoms with Crippen LogP contribution in [0.3, 0.4) is 0 Å². The monoisotopic (exact) mass is 324 g/mol. The largest absolute Gasteiger partial charge is 0.294 e. The molecule has 0 radical (unpaired) electrons. The minimum atomic E-state index is -1.62. The molecule has 0 heterocycles. The molecule has 0 unspecified atom stereocenters. The van der Waals surface area contributed by atoms with Gasteiger partial charge in [0.25, 0.3) is 0 Å². The van der Waals surface area contributed by atoms with Crippen molar-refractivity contribution in [3.05, 3.63) is 70.2 Å². The molecule has 0 bridgehead atoms. The zero-order valence-corrected chi connectivity index (χ0v) is 12.2. The van der Waals surface area contributed by atoms with Gasteiger partial charge in [0.05, 0.1) is 5.56 Å². The van der Waals surface area contributed by atoms with Crippen molar-refractivity contribution in [2.45, 2.75) is 18.5 Å². The summed E-state index contributed by atoms with van der Waals surface area (Å²) in [6.07, 6.45) is -0.0621. The average Bonchev–Trinajstić information content (AvgIpc) is 3.10. The Labute approximate surface area is 130 Å². The van der Waals surface area contributed by atoms with Gasteiger partial charge in [-0.05, 0) is 36.2 Å². The Balaban J connectivity index is 1.76. The lowest BCUT2D eigenvalue weighted by Crippen LogP contribution is -2.10. The summed E-state index contributed by atoms with van der Waals surface area (Å²) in [6, 6.07) is 9.51. The van der Waals surface area contributed by atoms with Gasteiger partial charge >= 0.3 is 0 Å². The van der Waals surface area contributed by atoms with Crippen LogP contribution < -0.4 is 0 Å². The minimum Gasteiger partial charge on any atom is -0.294 e. The molecule has 22 heavy (non-hydrogen) atoms. The molecule has 5 heteroatoms. The van der Waals surface area contributed by atoms with Gasteiger partial charge in [0.1, 0.15) is 17.3 Å². The molecule has 0 N–H and O–H groups in total. The standard InChI is InChI=1S/C17H12ClF3O/c18-12-6-4-10(5-7-12)17(21)9-11(17)8-15(22)16-13(19)2-1-3-14(16)20/h1-7,11H,8-9H2/t11-,17-/m0/s1. The van der Waals surface area contributed by atoms with E-state index in [1.54, 1.807) is 24.3 Å². The number of ketones is 1. The molecule has 2 aromatic rings. The highest BCUT2D eigenvalue weighted by Crippen LogP contribution is 2.57. The van der Waals surface area contributed by atoms with Crippen LogP contribution in [-0.2, 0) is 5.67 Å². The smallest absolute Gasteiger partial charge is 0.169 e. The summed E-state index contributed by atoms with van der Waals surface area (Å²) >= 11 is 5.76. The molecule has 2 atom stereocenters. The number of alkyl halides is 1. The van der Waals surface area contributed by atoms with Gasteiger partial charge < -0.3 is 0 Å². The topological polar surface area (TPSA) is 17.1 Å². The summed E-state index contributed by atoms with van der Waals surface area (Å²) in [4.78, 5) is 12.0. The molecule has 0 aromatic heterocycles. The summed E-state index contributed by atoms with van der Waals surface area (Å²) in [7, 11) is 0. The van der Waals surface area contributed by atoms with E-state index < -0.39 is 34.6 Å². The molecule has 0 amide bonds.